The van der Waals surface area contributed by atoms with Gasteiger partial charge >= 0.3 is 0 Å². The Morgan fingerprint density at radius 1 is 1.21 bits per heavy atom. The van der Waals surface area contributed by atoms with Crippen LogP contribution in [-0.4, -0.2) is 18.7 Å². The number of nitrogens with one attached hydrogen (secondary N) is 1. The minimum Gasteiger partial charge on any atom is -0.496 e. The van der Waals surface area contributed by atoms with Crippen LogP contribution in [0.1, 0.15) is 42.1 Å². The molecule has 0 heterocycles. The summed E-state index contributed by atoms with van der Waals surface area (Å²) in [5.74, 6) is 0.112. The highest BCUT2D eigenvalue weighted by molar-refractivity contribution is 6.31. The van der Waals surface area contributed by atoms with E-state index in [1.54, 1.807) is 18.2 Å². The van der Waals surface area contributed by atoms with Crippen molar-refractivity contribution in [3.63, 3.8) is 0 Å². The lowest BCUT2D eigenvalue weighted by molar-refractivity contribution is 0.0951. The number of carbonyl (C=O) groups excluding carboxylic acids is 1. The first kappa shape index (κ1) is 18.0. The zero-order valence-electron chi connectivity index (χ0n) is 13.9. The van der Waals surface area contributed by atoms with E-state index in [9.17, 15) is 4.79 Å². The minimum absolute atomic E-state index is 0.348. The average Bonchev–Trinajstić information content (AvgIpc) is 2.62. The van der Waals surface area contributed by atoms with E-state index < -0.39 is 0 Å². The quantitative estimate of drug-likeness (QED) is 0.586. The highest BCUT2D eigenvalue weighted by atomic mass is 35.5. The van der Waals surface area contributed by atoms with Gasteiger partial charge in [-0.15, -0.1) is 0 Å². The highest BCUT2D eigenvalue weighted by Crippen LogP contribution is 2.22. The number of amides is 1. The fourth-order valence-corrected chi connectivity index (χ4v) is 2.45. The normalized spacial score (nSPS) is 11.2. The van der Waals surface area contributed by atoms with Gasteiger partial charge in [-0.25, -0.2) is 5.43 Å². The molecule has 0 aliphatic heterocycles. The summed E-state index contributed by atoms with van der Waals surface area (Å²) in [6, 6.07) is 14.8. The SMILES string of the molecule is CCCCC(=NNC(=O)c1cc(Cl)ccc1OC)c1ccccc1. The van der Waals surface area contributed by atoms with Gasteiger partial charge < -0.3 is 4.74 Å². The monoisotopic (exact) mass is 344 g/mol. The molecule has 4 nitrogen and oxygen atoms in total. The second-order valence-electron chi connectivity index (χ2n) is 5.31. The molecule has 126 valence electrons. The molecular formula is C19H21ClN2O2. The van der Waals surface area contributed by atoms with Crippen LogP contribution < -0.4 is 10.2 Å². The first-order chi connectivity index (χ1) is 11.7. The lowest BCUT2D eigenvalue weighted by Crippen LogP contribution is -2.21. The average molecular weight is 345 g/mol. The van der Waals surface area contributed by atoms with Crippen molar-refractivity contribution in [1.82, 2.24) is 5.43 Å². The predicted octanol–water partition coefficient (Wildman–Crippen LogP) is 4.67. The molecule has 24 heavy (non-hydrogen) atoms. The minimum atomic E-state index is -0.348. The standard InChI is InChI=1S/C19H21ClN2O2/c1-3-4-10-17(14-8-6-5-7-9-14)21-22-19(23)16-13-15(20)11-12-18(16)24-2/h5-9,11-13H,3-4,10H2,1-2H3,(H,22,23). The molecule has 0 fully saturated rings. The van der Waals surface area contributed by atoms with Crippen LogP contribution in [0.3, 0.4) is 0 Å². The maximum atomic E-state index is 12.4. The van der Waals surface area contributed by atoms with Crippen LogP contribution in [0, 0.1) is 0 Å². The van der Waals surface area contributed by atoms with Crippen molar-refractivity contribution in [2.45, 2.75) is 26.2 Å². The molecule has 0 bridgehead atoms. The van der Waals surface area contributed by atoms with Crippen molar-refractivity contribution < 1.29 is 9.53 Å². The van der Waals surface area contributed by atoms with E-state index in [4.69, 9.17) is 16.3 Å². The van der Waals surface area contributed by atoms with Gasteiger partial charge in [0.25, 0.3) is 5.91 Å². The Labute approximate surface area is 147 Å². The Bertz CT molecular complexity index is 715. The Hall–Kier alpha value is -2.33. The summed E-state index contributed by atoms with van der Waals surface area (Å²) in [7, 11) is 1.51. The van der Waals surface area contributed by atoms with Gasteiger partial charge in [-0.05, 0) is 36.6 Å². The molecule has 1 amide bonds. The van der Waals surface area contributed by atoms with E-state index in [1.807, 2.05) is 30.3 Å². The van der Waals surface area contributed by atoms with Gasteiger partial charge in [-0.3, -0.25) is 4.79 Å². The lowest BCUT2D eigenvalue weighted by Gasteiger charge is -2.09. The molecule has 5 heteroatoms. The van der Waals surface area contributed by atoms with Gasteiger partial charge in [0.05, 0.1) is 18.4 Å². The molecule has 0 saturated heterocycles. The van der Waals surface area contributed by atoms with Crippen molar-refractivity contribution in [2.75, 3.05) is 7.11 Å². The molecule has 2 aromatic carbocycles. The molecule has 2 aromatic rings. The molecule has 0 aliphatic rings. The smallest absolute Gasteiger partial charge is 0.275 e. The van der Waals surface area contributed by atoms with Crippen molar-refractivity contribution in [1.29, 1.82) is 0 Å². The largest absolute Gasteiger partial charge is 0.496 e. The summed E-state index contributed by atoms with van der Waals surface area (Å²) in [5, 5.41) is 4.80. The maximum absolute atomic E-state index is 12.4. The van der Waals surface area contributed by atoms with Crippen molar-refractivity contribution >= 4 is 23.2 Å². The van der Waals surface area contributed by atoms with Crippen LogP contribution >= 0.6 is 11.6 Å². The van der Waals surface area contributed by atoms with E-state index in [1.165, 1.54) is 7.11 Å². The fourth-order valence-electron chi connectivity index (χ4n) is 2.28. The van der Waals surface area contributed by atoms with Crippen molar-refractivity contribution in [3.8, 4) is 5.75 Å². The third kappa shape index (κ3) is 4.83. The summed E-state index contributed by atoms with van der Waals surface area (Å²) in [5.41, 5.74) is 4.83. The van der Waals surface area contributed by atoms with Crippen molar-refractivity contribution in [2.24, 2.45) is 5.10 Å². The molecule has 0 spiro atoms. The number of nitrogens with zero attached hydrogens (tertiary/aromatic N) is 1. The summed E-state index contributed by atoms with van der Waals surface area (Å²) >= 11 is 5.97. The third-order valence-corrected chi connectivity index (χ3v) is 3.81. The van der Waals surface area contributed by atoms with Gasteiger partial charge in [-0.2, -0.15) is 5.10 Å². The summed E-state index contributed by atoms with van der Waals surface area (Å²) < 4.78 is 5.21. The number of hydrogen-bond donors (Lipinski definition) is 1. The summed E-state index contributed by atoms with van der Waals surface area (Å²) in [4.78, 5) is 12.4. The van der Waals surface area contributed by atoms with Crippen LogP contribution in [0.25, 0.3) is 0 Å². The van der Waals surface area contributed by atoms with Crippen LogP contribution in [0.15, 0.2) is 53.6 Å². The van der Waals surface area contributed by atoms with E-state index >= 15 is 0 Å². The molecule has 0 aliphatic carbocycles. The molecular weight excluding hydrogens is 324 g/mol. The Morgan fingerprint density at radius 2 is 1.96 bits per heavy atom. The van der Waals surface area contributed by atoms with Crippen LogP contribution in [0.5, 0.6) is 5.75 Å². The first-order valence-electron chi connectivity index (χ1n) is 7.91. The number of unbranched alkanes of at least 4 members (excludes halogenated alkanes) is 1. The highest BCUT2D eigenvalue weighted by Gasteiger charge is 2.13. The Balaban J connectivity index is 2.22. The second kappa shape index (κ2) is 9.08. The molecule has 1 N–H and O–H groups in total. The Morgan fingerprint density at radius 3 is 2.62 bits per heavy atom. The molecule has 0 saturated carbocycles. The van der Waals surface area contributed by atoms with Gasteiger partial charge in [-0.1, -0.05) is 55.3 Å². The lowest BCUT2D eigenvalue weighted by atomic mass is 10.1. The summed E-state index contributed by atoms with van der Waals surface area (Å²) in [6.45, 7) is 2.12. The summed E-state index contributed by atoms with van der Waals surface area (Å²) in [6.07, 6.45) is 2.86. The fraction of sp³-hybridized carbons (Fsp3) is 0.263. The van der Waals surface area contributed by atoms with E-state index in [0.717, 1.165) is 30.5 Å². The van der Waals surface area contributed by atoms with Crippen LogP contribution in [-0.2, 0) is 0 Å². The number of hydrogen-bond acceptors (Lipinski definition) is 3. The predicted molar refractivity (Wildman–Crippen MR) is 98.0 cm³/mol. The van der Waals surface area contributed by atoms with Gasteiger partial charge in [0, 0.05) is 5.02 Å². The van der Waals surface area contributed by atoms with Gasteiger partial charge in [0.15, 0.2) is 0 Å². The maximum Gasteiger partial charge on any atom is 0.275 e. The third-order valence-electron chi connectivity index (χ3n) is 3.57. The second-order valence-corrected chi connectivity index (χ2v) is 5.75. The molecule has 0 radical (unpaired) electrons. The Kier molecular flexibility index (Phi) is 6.82. The number of benzene rings is 2. The van der Waals surface area contributed by atoms with Crippen molar-refractivity contribution in [3.05, 3.63) is 64.7 Å². The van der Waals surface area contributed by atoms with E-state index in [0.29, 0.717) is 16.3 Å². The molecule has 0 aromatic heterocycles. The number of rotatable bonds is 7. The number of hydrazone groups is 1. The van der Waals surface area contributed by atoms with Crippen LogP contribution in [0.4, 0.5) is 0 Å². The molecule has 0 unspecified atom stereocenters. The number of methoxy groups -OCH3 is 1. The van der Waals surface area contributed by atoms with E-state index in [-0.39, 0.29) is 5.91 Å². The van der Waals surface area contributed by atoms with Gasteiger partial charge in [0.2, 0.25) is 0 Å². The molecule has 0 atom stereocenters. The topological polar surface area (TPSA) is 50.7 Å². The van der Waals surface area contributed by atoms with Crippen LogP contribution in [0.2, 0.25) is 5.02 Å². The zero-order valence-corrected chi connectivity index (χ0v) is 14.6. The molecule has 2 rings (SSSR count). The number of halogens is 1. The van der Waals surface area contributed by atoms with E-state index in [2.05, 4.69) is 17.5 Å². The number of carbonyl (C=O) groups is 1. The first-order valence-corrected chi connectivity index (χ1v) is 8.29. The zero-order chi connectivity index (χ0) is 17.4. The van der Waals surface area contributed by atoms with Gasteiger partial charge in [0.1, 0.15) is 5.75 Å². The number of ether oxygens (including phenoxy) is 1.